The lowest BCUT2D eigenvalue weighted by molar-refractivity contribution is 0.576. The summed E-state index contributed by atoms with van der Waals surface area (Å²) in [5, 5.41) is 8.24. The molecule has 2 rings (SSSR count). The lowest BCUT2D eigenvalue weighted by Crippen LogP contribution is -2.16. The highest BCUT2D eigenvalue weighted by Crippen LogP contribution is 2.21. The molecule has 0 atom stereocenters. The first-order valence-electron chi connectivity index (χ1n) is 6.37. The topological polar surface area (TPSA) is 29.9 Å². The second-order valence-electron chi connectivity index (χ2n) is 4.52. The predicted octanol–water partition coefficient (Wildman–Crippen LogP) is 3.83. The minimum Gasteiger partial charge on any atom is -0.307 e. The highest BCUT2D eigenvalue weighted by molar-refractivity contribution is 9.10. The molecule has 1 aromatic carbocycles. The molecule has 0 unspecified atom stereocenters. The molecule has 0 spiro atoms. The van der Waals surface area contributed by atoms with E-state index in [9.17, 15) is 4.39 Å². The van der Waals surface area contributed by atoms with Crippen LogP contribution < -0.4 is 5.32 Å². The quantitative estimate of drug-likeness (QED) is 0.878. The van der Waals surface area contributed by atoms with Crippen LogP contribution >= 0.6 is 27.5 Å². The van der Waals surface area contributed by atoms with Crippen LogP contribution in [0.15, 0.2) is 22.7 Å². The molecule has 2 aromatic rings. The van der Waals surface area contributed by atoms with Crippen LogP contribution in [0.1, 0.15) is 23.9 Å². The van der Waals surface area contributed by atoms with Gasteiger partial charge in [-0.2, -0.15) is 5.10 Å². The first-order chi connectivity index (χ1) is 9.52. The van der Waals surface area contributed by atoms with Crippen LogP contribution in [0, 0.1) is 5.82 Å². The number of hydrogen-bond donors (Lipinski definition) is 1. The molecular formula is C14H16BrClFN3. The second-order valence-corrected chi connectivity index (χ2v) is 5.82. The number of halogens is 3. The van der Waals surface area contributed by atoms with E-state index < -0.39 is 0 Å². The average Bonchev–Trinajstić information content (AvgIpc) is 2.69. The Bertz CT molecular complexity index is 613. The molecule has 0 amide bonds. The highest BCUT2D eigenvalue weighted by atomic mass is 79.9. The van der Waals surface area contributed by atoms with Crippen LogP contribution in [0.5, 0.6) is 0 Å². The average molecular weight is 361 g/mol. The smallest absolute Gasteiger partial charge is 0.127 e. The zero-order valence-electron chi connectivity index (χ0n) is 11.4. The molecular weight excluding hydrogens is 345 g/mol. The maximum absolute atomic E-state index is 13.6. The number of rotatable bonds is 5. The van der Waals surface area contributed by atoms with Crippen LogP contribution in [0.3, 0.4) is 0 Å². The number of aromatic nitrogens is 2. The molecule has 6 heteroatoms. The van der Waals surface area contributed by atoms with Gasteiger partial charge in [-0.1, -0.05) is 34.5 Å². The van der Waals surface area contributed by atoms with Gasteiger partial charge in [-0.25, -0.2) is 4.39 Å². The molecule has 3 nitrogen and oxygen atoms in total. The van der Waals surface area contributed by atoms with Crippen LogP contribution in [-0.4, -0.2) is 9.78 Å². The molecule has 108 valence electrons. The van der Waals surface area contributed by atoms with Crippen molar-refractivity contribution in [2.75, 3.05) is 0 Å². The molecule has 0 aliphatic rings. The minimum atomic E-state index is -0.217. The Morgan fingerprint density at radius 1 is 1.40 bits per heavy atom. The number of nitrogens with one attached hydrogen (secondary N) is 1. The maximum Gasteiger partial charge on any atom is 0.127 e. The van der Waals surface area contributed by atoms with Gasteiger partial charge in [0.15, 0.2) is 0 Å². The van der Waals surface area contributed by atoms with E-state index in [0.717, 1.165) is 22.3 Å². The van der Waals surface area contributed by atoms with Gasteiger partial charge < -0.3 is 5.32 Å². The summed E-state index contributed by atoms with van der Waals surface area (Å²) in [6.07, 6.45) is 0.799. The largest absolute Gasteiger partial charge is 0.307 e. The summed E-state index contributed by atoms with van der Waals surface area (Å²) in [6, 6.07) is 4.91. The van der Waals surface area contributed by atoms with Gasteiger partial charge in [0.05, 0.1) is 16.4 Å². The summed E-state index contributed by atoms with van der Waals surface area (Å²) >= 11 is 9.60. The van der Waals surface area contributed by atoms with Crippen molar-refractivity contribution in [2.45, 2.75) is 26.4 Å². The number of nitrogens with zero attached hydrogens (tertiary/aromatic N) is 2. The van der Waals surface area contributed by atoms with E-state index >= 15 is 0 Å². The fraction of sp³-hybridized carbons (Fsp3) is 0.357. The van der Waals surface area contributed by atoms with E-state index in [-0.39, 0.29) is 5.82 Å². The van der Waals surface area contributed by atoms with E-state index in [1.807, 2.05) is 14.0 Å². The monoisotopic (exact) mass is 359 g/mol. The van der Waals surface area contributed by atoms with Crippen molar-refractivity contribution in [3.05, 3.63) is 50.5 Å². The standard InChI is InChI=1S/C14H16BrClFN3/c1-3-12-14(16)13(20(2)19-12)8-18-7-9-6-10(15)4-5-11(9)17/h4-6,18H,3,7-8H2,1-2H3. The Labute approximate surface area is 131 Å². The van der Waals surface area contributed by atoms with Crippen LogP contribution in [0.4, 0.5) is 4.39 Å². The summed E-state index contributed by atoms with van der Waals surface area (Å²) in [6.45, 7) is 3.00. The van der Waals surface area contributed by atoms with Gasteiger partial charge in [0.2, 0.25) is 0 Å². The molecule has 0 radical (unpaired) electrons. The van der Waals surface area contributed by atoms with Crippen LogP contribution in [-0.2, 0) is 26.6 Å². The summed E-state index contributed by atoms with van der Waals surface area (Å²) in [7, 11) is 1.86. The van der Waals surface area contributed by atoms with E-state index in [2.05, 4.69) is 26.3 Å². The zero-order chi connectivity index (χ0) is 14.7. The predicted molar refractivity (Wildman–Crippen MR) is 82.2 cm³/mol. The molecule has 0 fully saturated rings. The molecule has 1 aromatic heterocycles. The minimum absolute atomic E-state index is 0.217. The molecule has 20 heavy (non-hydrogen) atoms. The van der Waals surface area contributed by atoms with Crippen molar-refractivity contribution in [2.24, 2.45) is 7.05 Å². The number of hydrogen-bond acceptors (Lipinski definition) is 2. The van der Waals surface area contributed by atoms with Crippen molar-refractivity contribution >= 4 is 27.5 Å². The first-order valence-corrected chi connectivity index (χ1v) is 7.55. The van der Waals surface area contributed by atoms with Gasteiger partial charge in [0.25, 0.3) is 0 Å². The second kappa shape index (κ2) is 6.70. The molecule has 0 saturated heterocycles. The van der Waals surface area contributed by atoms with E-state index in [4.69, 9.17) is 11.6 Å². The Morgan fingerprint density at radius 2 is 2.15 bits per heavy atom. The van der Waals surface area contributed by atoms with Crippen LogP contribution in [0.25, 0.3) is 0 Å². The van der Waals surface area contributed by atoms with Crippen molar-refractivity contribution in [1.29, 1.82) is 0 Å². The zero-order valence-corrected chi connectivity index (χ0v) is 13.7. The molecule has 1 N–H and O–H groups in total. The lowest BCUT2D eigenvalue weighted by atomic mass is 10.2. The number of benzene rings is 1. The Morgan fingerprint density at radius 3 is 2.80 bits per heavy atom. The van der Waals surface area contributed by atoms with E-state index in [1.165, 1.54) is 6.07 Å². The van der Waals surface area contributed by atoms with Gasteiger partial charge in [-0.3, -0.25) is 4.68 Å². The molecule has 0 aliphatic carbocycles. The van der Waals surface area contributed by atoms with Gasteiger partial charge in [-0.15, -0.1) is 0 Å². The van der Waals surface area contributed by atoms with Gasteiger partial charge in [-0.05, 0) is 24.6 Å². The van der Waals surface area contributed by atoms with Crippen LogP contribution in [0.2, 0.25) is 5.02 Å². The van der Waals surface area contributed by atoms with E-state index in [1.54, 1.807) is 16.8 Å². The SMILES string of the molecule is CCc1nn(C)c(CNCc2cc(Br)ccc2F)c1Cl. The van der Waals surface area contributed by atoms with Crippen molar-refractivity contribution < 1.29 is 4.39 Å². The van der Waals surface area contributed by atoms with E-state index in [0.29, 0.717) is 23.7 Å². The lowest BCUT2D eigenvalue weighted by Gasteiger charge is -2.07. The van der Waals surface area contributed by atoms with Crippen molar-refractivity contribution in [3.8, 4) is 0 Å². The Hall–Kier alpha value is -0.910. The van der Waals surface area contributed by atoms with Crippen molar-refractivity contribution in [3.63, 3.8) is 0 Å². The third-order valence-electron chi connectivity index (χ3n) is 3.12. The normalized spacial score (nSPS) is 11.1. The highest BCUT2D eigenvalue weighted by Gasteiger charge is 2.12. The molecule has 0 saturated carbocycles. The first kappa shape index (κ1) is 15.5. The Kier molecular flexibility index (Phi) is 5.18. The van der Waals surface area contributed by atoms with Crippen molar-refractivity contribution in [1.82, 2.24) is 15.1 Å². The summed E-state index contributed by atoms with van der Waals surface area (Å²) in [5.41, 5.74) is 2.42. The fourth-order valence-electron chi connectivity index (χ4n) is 2.01. The summed E-state index contributed by atoms with van der Waals surface area (Å²) < 4.78 is 16.2. The summed E-state index contributed by atoms with van der Waals surface area (Å²) in [4.78, 5) is 0. The molecule has 1 heterocycles. The Balaban J connectivity index is 2.03. The van der Waals surface area contributed by atoms with Gasteiger partial charge >= 0.3 is 0 Å². The summed E-state index contributed by atoms with van der Waals surface area (Å²) in [5.74, 6) is -0.217. The third kappa shape index (κ3) is 3.40. The number of aryl methyl sites for hydroxylation is 2. The molecule has 0 bridgehead atoms. The fourth-order valence-corrected chi connectivity index (χ4v) is 2.78. The maximum atomic E-state index is 13.6. The van der Waals surface area contributed by atoms with Gasteiger partial charge in [0.1, 0.15) is 5.82 Å². The molecule has 0 aliphatic heterocycles. The third-order valence-corrected chi connectivity index (χ3v) is 4.05. The van der Waals surface area contributed by atoms with Gasteiger partial charge in [0, 0.05) is 30.2 Å².